The van der Waals surface area contributed by atoms with Crippen LogP contribution in [0, 0.1) is 0 Å². The van der Waals surface area contributed by atoms with Gasteiger partial charge in [0.25, 0.3) is 0 Å². The molecule has 0 saturated carbocycles. The van der Waals surface area contributed by atoms with E-state index in [1.807, 2.05) is 12.1 Å². The van der Waals surface area contributed by atoms with E-state index >= 15 is 0 Å². The van der Waals surface area contributed by atoms with E-state index in [1.165, 1.54) is 5.56 Å². The molecule has 1 saturated heterocycles. The fourth-order valence-electron chi connectivity index (χ4n) is 3.97. The molecule has 28 heavy (non-hydrogen) atoms. The molecule has 1 N–H and O–H groups in total. The Morgan fingerprint density at radius 3 is 2.32 bits per heavy atom. The molecular formula is C24H32ClNO2. The summed E-state index contributed by atoms with van der Waals surface area (Å²) in [4.78, 5) is 2.40. The zero-order valence-electron chi connectivity index (χ0n) is 16.7. The molecule has 0 bridgehead atoms. The number of benzene rings is 2. The first-order valence-corrected chi connectivity index (χ1v) is 9.95. The van der Waals surface area contributed by atoms with Gasteiger partial charge in [-0.25, -0.2) is 0 Å². The van der Waals surface area contributed by atoms with Gasteiger partial charge in [0.2, 0.25) is 0 Å². The monoisotopic (exact) mass is 401 g/mol. The van der Waals surface area contributed by atoms with Gasteiger partial charge in [0.05, 0.1) is 13.2 Å². The minimum atomic E-state index is -0.992. The van der Waals surface area contributed by atoms with Crippen LogP contribution in [0.25, 0.3) is 0 Å². The predicted molar refractivity (Wildman–Crippen MR) is 118 cm³/mol. The summed E-state index contributed by atoms with van der Waals surface area (Å²) in [6.45, 7) is 10.2. The van der Waals surface area contributed by atoms with Crippen molar-refractivity contribution < 1.29 is 9.84 Å². The molecule has 1 aliphatic rings. The van der Waals surface area contributed by atoms with E-state index in [-0.39, 0.29) is 18.3 Å². The van der Waals surface area contributed by atoms with Crippen molar-refractivity contribution in [2.24, 2.45) is 0 Å². The first-order chi connectivity index (χ1) is 13.2. The molecular weight excluding hydrogens is 370 g/mol. The van der Waals surface area contributed by atoms with Crippen LogP contribution in [0.5, 0.6) is 0 Å². The quantitative estimate of drug-likeness (QED) is 0.658. The third-order valence-corrected chi connectivity index (χ3v) is 5.64. The maximum Gasteiger partial charge on any atom is 0.101 e. The fourth-order valence-corrected chi connectivity index (χ4v) is 3.97. The molecule has 1 heterocycles. The van der Waals surface area contributed by atoms with Crippen LogP contribution in [0.15, 0.2) is 67.3 Å². The molecule has 152 valence electrons. The number of aliphatic hydroxyl groups is 1. The molecule has 0 spiro atoms. The Bertz CT molecular complexity index is 713. The molecule has 2 unspecified atom stereocenters. The topological polar surface area (TPSA) is 32.7 Å². The first kappa shape index (κ1) is 22.6. The Kier molecular flexibility index (Phi) is 8.71. The van der Waals surface area contributed by atoms with Gasteiger partial charge in [-0.15, -0.1) is 19.0 Å². The summed E-state index contributed by atoms with van der Waals surface area (Å²) in [5.41, 5.74) is 2.41. The second-order valence-electron chi connectivity index (χ2n) is 7.34. The van der Waals surface area contributed by atoms with Crippen molar-refractivity contribution in [3.05, 3.63) is 83.9 Å². The van der Waals surface area contributed by atoms with Crippen LogP contribution >= 0.6 is 12.4 Å². The number of hydrogen-bond acceptors (Lipinski definition) is 3. The smallest absolute Gasteiger partial charge is 0.101 e. The molecule has 2 aromatic carbocycles. The van der Waals surface area contributed by atoms with E-state index in [4.69, 9.17) is 4.74 Å². The summed E-state index contributed by atoms with van der Waals surface area (Å²) in [5, 5.41) is 12.0. The number of halogens is 1. The molecule has 3 nitrogen and oxygen atoms in total. The predicted octanol–water partition coefficient (Wildman–Crippen LogP) is 4.55. The molecule has 0 amide bonds. The highest BCUT2D eigenvalue weighted by molar-refractivity contribution is 5.85. The van der Waals surface area contributed by atoms with Gasteiger partial charge in [0.1, 0.15) is 5.60 Å². The van der Waals surface area contributed by atoms with E-state index in [0.29, 0.717) is 6.42 Å². The Hall–Kier alpha value is -1.65. The molecule has 2 aromatic rings. The second-order valence-corrected chi connectivity index (χ2v) is 7.34. The Morgan fingerprint density at radius 1 is 1.11 bits per heavy atom. The van der Waals surface area contributed by atoms with Crippen molar-refractivity contribution in [1.82, 2.24) is 4.90 Å². The average molecular weight is 402 g/mol. The third kappa shape index (κ3) is 5.24. The van der Waals surface area contributed by atoms with Crippen LogP contribution in [-0.2, 0) is 16.8 Å². The number of morpholine rings is 1. The lowest BCUT2D eigenvalue weighted by Crippen LogP contribution is -2.44. The van der Waals surface area contributed by atoms with E-state index in [9.17, 15) is 5.11 Å². The number of aryl methyl sites for hydroxylation is 1. The molecule has 1 fully saturated rings. The average Bonchev–Trinajstić information content (AvgIpc) is 2.73. The fraction of sp³-hybridized carbons (Fsp3) is 0.417. The number of hydrogen-bond donors (Lipinski definition) is 1. The van der Waals surface area contributed by atoms with Crippen LogP contribution in [0.3, 0.4) is 0 Å². The van der Waals surface area contributed by atoms with Crippen LogP contribution in [0.2, 0.25) is 0 Å². The van der Waals surface area contributed by atoms with Crippen molar-refractivity contribution in [1.29, 1.82) is 0 Å². The van der Waals surface area contributed by atoms with Crippen LogP contribution in [-0.4, -0.2) is 42.9 Å². The van der Waals surface area contributed by atoms with Gasteiger partial charge in [-0.2, -0.15) is 0 Å². The highest BCUT2D eigenvalue weighted by Gasteiger charge is 2.39. The molecule has 2 atom stereocenters. The summed E-state index contributed by atoms with van der Waals surface area (Å²) < 4.78 is 5.51. The van der Waals surface area contributed by atoms with Gasteiger partial charge in [-0.05, 0) is 29.5 Å². The maximum absolute atomic E-state index is 12.0. The summed E-state index contributed by atoms with van der Waals surface area (Å²) in [6, 6.07) is 18.8. The van der Waals surface area contributed by atoms with Crippen LogP contribution < -0.4 is 0 Å². The van der Waals surface area contributed by atoms with Crippen molar-refractivity contribution in [2.45, 2.75) is 31.3 Å². The number of ether oxygens (including phenoxy) is 1. The minimum Gasteiger partial charge on any atom is -0.384 e. The molecule has 0 radical (unpaired) electrons. The van der Waals surface area contributed by atoms with Crippen molar-refractivity contribution in [3.8, 4) is 0 Å². The van der Waals surface area contributed by atoms with Gasteiger partial charge >= 0.3 is 0 Å². The number of nitrogens with zero attached hydrogens (tertiary/aromatic N) is 1. The summed E-state index contributed by atoms with van der Waals surface area (Å²) in [6.07, 6.45) is 3.35. The summed E-state index contributed by atoms with van der Waals surface area (Å²) in [5.74, 6) is -0.0396. The van der Waals surface area contributed by atoms with Gasteiger partial charge in [0, 0.05) is 25.6 Å². The molecule has 0 aromatic heterocycles. The zero-order valence-corrected chi connectivity index (χ0v) is 17.5. The minimum absolute atomic E-state index is 0. The molecule has 3 rings (SSSR count). The zero-order chi connectivity index (χ0) is 19.1. The standard InChI is InChI=1S/C24H31NO2.ClH/c1-3-14-24(26,22-12-10-20(4-2)11-13-22)23(21-8-6-5-7-9-21)19-25-15-17-27-18-16-25;/h3,5-13,23,26H,1,4,14-19H2,2H3;1H. The highest BCUT2D eigenvalue weighted by atomic mass is 35.5. The number of rotatable bonds is 8. The molecule has 4 heteroatoms. The summed E-state index contributed by atoms with van der Waals surface area (Å²) in [7, 11) is 0. The second kappa shape index (κ2) is 10.8. The van der Waals surface area contributed by atoms with Crippen LogP contribution in [0.4, 0.5) is 0 Å². The van der Waals surface area contributed by atoms with E-state index in [1.54, 1.807) is 0 Å². The Morgan fingerprint density at radius 2 is 1.75 bits per heavy atom. The lowest BCUT2D eigenvalue weighted by molar-refractivity contribution is -0.0206. The van der Waals surface area contributed by atoms with E-state index in [2.05, 4.69) is 66.9 Å². The third-order valence-electron chi connectivity index (χ3n) is 5.64. The van der Waals surface area contributed by atoms with Crippen molar-refractivity contribution in [2.75, 3.05) is 32.8 Å². The van der Waals surface area contributed by atoms with Gasteiger partial charge in [-0.1, -0.05) is 67.6 Å². The SMILES string of the molecule is C=CCC(O)(c1ccc(CC)cc1)C(CN1CCOCC1)c1ccccc1.Cl. The Labute approximate surface area is 175 Å². The normalized spacial score (nSPS) is 17.9. The van der Waals surface area contributed by atoms with Gasteiger partial charge in [0.15, 0.2) is 0 Å². The van der Waals surface area contributed by atoms with Crippen molar-refractivity contribution in [3.63, 3.8) is 0 Å². The first-order valence-electron chi connectivity index (χ1n) is 9.95. The maximum atomic E-state index is 12.0. The summed E-state index contributed by atoms with van der Waals surface area (Å²) >= 11 is 0. The molecule has 0 aliphatic carbocycles. The van der Waals surface area contributed by atoms with E-state index in [0.717, 1.165) is 50.4 Å². The molecule has 1 aliphatic heterocycles. The lowest BCUT2D eigenvalue weighted by atomic mass is 9.74. The van der Waals surface area contributed by atoms with Gasteiger partial charge < -0.3 is 9.84 Å². The van der Waals surface area contributed by atoms with Crippen LogP contribution in [0.1, 0.15) is 36.0 Å². The Balaban J connectivity index is 0.00000280. The highest BCUT2D eigenvalue weighted by Crippen LogP contribution is 2.41. The van der Waals surface area contributed by atoms with E-state index < -0.39 is 5.60 Å². The largest absolute Gasteiger partial charge is 0.384 e. The van der Waals surface area contributed by atoms with Gasteiger partial charge in [-0.3, -0.25) is 4.90 Å². The van der Waals surface area contributed by atoms with Crippen molar-refractivity contribution >= 4 is 12.4 Å². The lowest BCUT2D eigenvalue weighted by Gasteiger charge is -2.40.